The molecule has 4 N–H and O–H groups in total. The van der Waals surface area contributed by atoms with Gasteiger partial charge in [-0.05, 0) is 153 Å². The van der Waals surface area contributed by atoms with Crippen LogP contribution in [0.25, 0.3) is 88.6 Å². The summed E-state index contributed by atoms with van der Waals surface area (Å²) in [7, 11) is 22.6. The van der Waals surface area contributed by atoms with Crippen LogP contribution in [-0.2, 0) is 73.1 Å². The third kappa shape index (κ3) is 27.3. The summed E-state index contributed by atoms with van der Waals surface area (Å²) in [5.74, 6) is -1.89. The summed E-state index contributed by atoms with van der Waals surface area (Å²) >= 11 is 0. The Morgan fingerprint density at radius 3 is 0.791 bits per heavy atom. The Morgan fingerprint density at radius 2 is 0.568 bits per heavy atom. The SMILES string of the molecule is [2H]C([2H])=C([2H])C(=O)Nc1cc(Cc2nccc(-c3cn(C)c4ccccc34)n2)c(OC)cc1N(C)CC([2H])([2H])N(C([2H])([2H])[2H])C([2H])([2H])[2H].[2H]C([2H])=C([2H])C(=O)Nc1cc(Cc2nccc(-c3cn(C)c4ccccc34)n2)c(OC)cc1N(C)CC([2H])([2H])N(C)C.[2H]C([2H])=C([2H])C(=O)Nc1cc(Cc2nccc(-c3cn(C)c4ccccc34)n2)c(OC)cc1N(CC([2H])([2H])N(C([2H])([2H])[2H])C([2H])([2H])[2H])C([2H])([2H])[2H].[2H]C([2H])=C([2H])C(=O)Nc1cc(Cc2nccc(-c3cn(C)c4ccccc34)n2)c(OC)cc1N(CC([2H])([2H])N(C)C)C([2H])([2H])[2H]. The first-order valence-electron chi connectivity index (χ1n) is 64.6. The molecule has 0 atom stereocenters. The van der Waals surface area contributed by atoms with E-state index in [2.05, 4.69) is 41.2 Å². The molecule has 0 aliphatic carbocycles. The van der Waals surface area contributed by atoms with Gasteiger partial charge in [-0.1, -0.05) is 98.9 Å². The highest BCUT2D eigenvalue weighted by Gasteiger charge is 2.26. The van der Waals surface area contributed by atoms with Crippen molar-refractivity contribution < 1.29 is 90.2 Å². The van der Waals surface area contributed by atoms with E-state index in [0.717, 1.165) is 82.5 Å². The molecule has 0 aliphatic heterocycles. The van der Waals surface area contributed by atoms with Gasteiger partial charge >= 0.3 is 0 Å². The largest absolute Gasteiger partial charge is 0.496 e. The summed E-state index contributed by atoms with van der Waals surface area (Å²) in [6.07, 6.45) is 14.8. The molecule has 4 amide bonds. The molecule has 0 fully saturated rings. The number of amides is 4. The van der Waals surface area contributed by atoms with Gasteiger partial charge in [0.05, 0.1) is 113 Å². The van der Waals surface area contributed by atoms with Crippen molar-refractivity contribution in [2.45, 2.75) is 25.7 Å². The van der Waals surface area contributed by atoms with Crippen molar-refractivity contribution in [2.24, 2.45) is 28.2 Å². The number of carbonyl (C=O) groups excluding carboxylic acids is 4. The highest BCUT2D eigenvalue weighted by atomic mass is 16.5. The molecule has 8 heterocycles. The number of nitrogens with one attached hydrogen (secondary N) is 4. The van der Waals surface area contributed by atoms with Gasteiger partial charge in [0, 0.05) is 332 Å². The predicted molar refractivity (Wildman–Crippen MR) is 602 cm³/mol. The lowest BCUT2D eigenvalue weighted by atomic mass is 10.1. The Hall–Kier alpha value is -16.7. The number of carbonyl (C=O) groups is 4. The molecule has 0 radical (unpaired) electrons. The number of methoxy groups -OCH3 is 4. The molecule has 0 unspecified atom stereocenters. The minimum Gasteiger partial charge on any atom is -0.496 e. The van der Waals surface area contributed by atoms with E-state index in [1.807, 2.05) is 174 Å². The first-order valence-corrected chi connectivity index (χ1v) is 45.6. The highest BCUT2D eigenvalue weighted by Crippen LogP contribution is 2.42. The Labute approximate surface area is 920 Å². The fourth-order valence-electron chi connectivity index (χ4n) is 16.4. The van der Waals surface area contributed by atoms with Crippen LogP contribution in [0.15, 0.2) is 270 Å². The number of rotatable bonds is 40. The lowest BCUT2D eigenvalue weighted by molar-refractivity contribution is -0.112. The standard InChI is InChI=1S/4C29H34N6O2/c4*1-7-29(36)32-24-16-20(27(37-6)18-26(24)34(4)15-14-33(2)3)17-28-30-13-12-23(31-28)22-19-35(5)25-11-9-8-10-21(22)25/h4*7-13,16,18-19H,1,14-15,17H2,2-6H3,(H,32,36)/i1D2,2D3,3D3,4D3,7D,14D2;1D2,2D3,3D3,7D,14D2;1D2,4D3,7D,14D2;1D2,7D,14D2. The summed E-state index contributed by atoms with van der Waals surface area (Å²) in [6, 6.07) is 46.4. The second-order valence-corrected chi connectivity index (χ2v) is 33.8. The molecule has 32 heteroatoms. The maximum absolute atomic E-state index is 12.9. The van der Waals surface area contributed by atoms with E-state index >= 15 is 0 Å². The summed E-state index contributed by atoms with van der Waals surface area (Å²) in [5, 5.41) is 13.8. The second-order valence-electron chi connectivity index (χ2n) is 33.8. The molecule has 0 saturated heterocycles. The summed E-state index contributed by atoms with van der Waals surface area (Å²) in [6.45, 7) is -36.9. The summed E-state index contributed by atoms with van der Waals surface area (Å²) in [4.78, 5) is 94.2. The lowest BCUT2D eigenvalue weighted by Crippen LogP contribution is -2.29. The van der Waals surface area contributed by atoms with Gasteiger partial charge in [0.2, 0.25) is 23.6 Å². The number of para-hydroxylation sites is 4. The maximum Gasteiger partial charge on any atom is 0.247 e. The van der Waals surface area contributed by atoms with Crippen molar-refractivity contribution in [1.82, 2.24) is 77.7 Å². The van der Waals surface area contributed by atoms with Crippen LogP contribution in [0.2, 0.25) is 0 Å². The van der Waals surface area contributed by atoms with Gasteiger partial charge < -0.3 is 97.7 Å². The topological polar surface area (TPSA) is 302 Å². The third-order valence-corrected chi connectivity index (χ3v) is 23.4. The van der Waals surface area contributed by atoms with E-state index in [0.29, 0.717) is 67.6 Å². The third-order valence-electron chi connectivity index (χ3n) is 23.4. The highest BCUT2D eigenvalue weighted by molar-refractivity contribution is 6.05. The number of anilines is 8. The molecule has 0 bridgehead atoms. The molecule has 32 nitrogen and oxygen atoms in total. The molecule has 0 spiro atoms. The molecule has 8 aromatic heterocycles. The van der Waals surface area contributed by atoms with Gasteiger partial charge in [0.15, 0.2) is 0 Å². The van der Waals surface area contributed by atoms with Gasteiger partial charge in [-0.3, -0.25) is 19.2 Å². The Bertz CT molecular complexity index is 9260. The molecule has 8 aromatic carbocycles. The van der Waals surface area contributed by atoms with Crippen LogP contribution in [0.5, 0.6) is 23.0 Å². The van der Waals surface area contributed by atoms with Crippen molar-refractivity contribution in [2.75, 3.05) is 206 Å². The fourth-order valence-corrected chi connectivity index (χ4v) is 16.4. The zero-order valence-corrected chi connectivity index (χ0v) is 83.7. The number of fused-ring (bicyclic) bond motifs is 4. The molecule has 0 saturated carbocycles. The van der Waals surface area contributed by atoms with Crippen molar-refractivity contribution in [3.63, 3.8) is 0 Å². The van der Waals surface area contributed by atoms with Gasteiger partial charge in [0.25, 0.3) is 0 Å². The Balaban J connectivity index is 0.000000201. The summed E-state index contributed by atoms with van der Waals surface area (Å²) in [5.41, 5.74) is 12.0. The van der Waals surface area contributed by atoms with Gasteiger partial charge in [-0.2, -0.15) is 0 Å². The van der Waals surface area contributed by atoms with Crippen molar-refractivity contribution in [1.29, 1.82) is 0 Å². The predicted octanol–water partition coefficient (Wildman–Crippen LogP) is 17.4. The Kier molecular flexibility index (Phi) is 23.2. The maximum atomic E-state index is 12.9. The smallest absolute Gasteiger partial charge is 0.247 e. The minimum absolute atomic E-state index is 0.00350. The number of hydrogen-bond acceptors (Lipinski definition) is 24. The zero-order valence-electron chi connectivity index (χ0n) is 122. The first-order chi connectivity index (χ1) is 86.5. The van der Waals surface area contributed by atoms with Crippen LogP contribution in [0.4, 0.5) is 45.5 Å². The van der Waals surface area contributed by atoms with Gasteiger partial charge in [-0.15, -0.1) is 0 Å². The number of nitrogens with zero attached hydrogens (tertiary/aromatic N) is 20. The molecule has 16 rings (SSSR count). The zero-order chi connectivity index (χ0) is 138. The molecular formula is C116H136N24O8. The van der Waals surface area contributed by atoms with Crippen LogP contribution in [0.3, 0.4) is 0 Å². The molecule has 0 aliphatic rings. The van der Waals surface area contributed by atoms with E-state index < -0.39 is 172 Å². The fraction of sp³-hybridized carbons (Fsp3) is 0.276. The number of aryl methyl sites for hydroxylation is 4. The van der Waals surface area contributed by atoms with Crippen LogP contribution in [0, 0.1) is 0 Å². The lowest BCUT2D eigenvalue weighted by Gasteiger charge is -2.25. The van der Waals surface area contributed by atoms with Gasteiger partial charge in [-0.25, -0.2) is 39.9 Å². The molecule has 148 heavy (non-hydrogen) atoms. The average molecular weight is 2030 g/mol. The number of ether oxygens (including phenoxy) is 4. The molecule has 768 valence electrons. The monoisotopic (exact) mass is 2030 g/mol. The van der Waals surface area contributed by atoms with E-state index in [-0.39, 0.29) is 99.9 Å². The van der Waals surface area contributed by atoms with E-state index in [1.54, 1.807) is 81.2 Å². The van der Waals surface area contributed by atoms with E-state index in [1.165, 1.54) is 94.6 Å². The van der Waals surface area contributed by atoms with Crippen molar-refractivity contribution in [3.8, 4) is 68.0 Å². The second kappa shape index (κ2) is 50.7. The van der Waals surface area contributed by atoms with Crippen LogP contribution in [-0.4, -0.2) is 266 Å². The number of benzene rings is 8. The quantitative estimate of drug-likeness (QED) is 0.0259. The average Bonchev–Trinajstić information content (AvgIpc) is 1.09. The van der Waals surface area contributed by atoms with Crippen LogP contribution in [0.1, 0.15) is 97.6 Å². The Morgan fingerprint density at radius 1 is 0.338 bits per heavy atom. The van der Waals surface area contributed by atoms with Crippen LogP contribution >= 0.6 is 0 Å². The normalized spacial score (nSPS) is 15.6. The number of aromatic nitrogens is 12. The minimum atomic E-state index is -3.53. The van der Waals surface area contributed by atoms with Crippen molar-refractivity contribution >= 4 is 113 Å². The van der Waals surface area contributed by atoms with Gasteiger partial charge in [0.1, 0.15) is 46.3 Å². The first kappa shape index (κ1) is 67.8. The molecule has 16 aromatic rings. The van der Waals surface area contributed by atoms with E-state index in [9.17, 15) is 19.2 Å². The van der Waals surface area contributed by atoms with E-state index in [4.69, 9.17) is 91.0 Å². The van der Waals surface area contributed by atoms with Crippen LogP contribution < -0.4 is 59.8 Å². The number of likely N-dealkylation sites (N-methyl/N-ethyl adjacent to an activating group) is 8. The number of hydrogen-bond donors (Lipinski definition) is 4. The summed E-state index contributed by atoms with van der Waals surface area (Å²) < 4.78 is 330. The molecular weight excluding hydrogens is 1860 g/mol. The van der Waals surface area contributed by atoms with Crippen molar-refractivity contribution in [3.05, 3.63) is 315 Å².